The fourth-order valence-corrected chi connectivity index (χ4v) is 2.71. The minimum Gasteiger partial charge on any atom is -0.354 e. The normalized spacial score (nSPS) is 17.4. The van der Waals surface area contributed by atoms with E-state index in [1.54, 1.807) is 0 Å². The summed E-state index contributed by atoms with van der Waals surface area (Å²) in [6.07, 6.45) is -3.45. The van der Waals surface area contributed by atoms with Crippen LogP contribution in [0.3, 0.4) is 0 Å². The van der Waals surface area contributed by atoms with E-state index in [9.17, 15) is 13.2 Å². The Morgan fingerprint density at radius 3 is 2.21 bits per heavy atom. The maximum Gasteiger partial charge on any atom is 0.433 e. The topological polar surface area (TPSA) is 32.3 Å². The minimum atomic E-state index is -4.47. The SMILES string of the molecule is CC(C)(C)c1nc(N2CCN(CCCS)CC2)cc(C(F)(F)F)n1. The zero-order valence-electron chi connectivity index (χ0n) is 14.4. The van der Waals surface area contributed by atoms with Gasteiger partial charge in [-0.1, -0.05) is 20.8 Å². The number of halogens is 3. The number of thiol groups is 1. The fourth-order valence-electron chi connectivity index (χ4n) is 2.57. The van der Waals surface area contributed by atoms with Crippen molar-refractivity contribution in [3.63, 3.8) is 0 Å². The Kier molecular flexibility index (Phi) is 6.01. The minimum absolute atomic E-state index is 0.227. The lowest BCUT2D eigenvalue weighted by Gasteiger charge is -2.36. The van der Waals surface area contributed by atoms with Crippen LogP contribution in [-0.4, -0.2) is 53.3 Å². The van der Waals surface area contributed by atoms with Gasteiger partial charge in [-0.2, -0.15) is 25.8 Å². The van der Waals surface area contributed by atoms with Gasteiger partial charge in [0.05, 0.1) is 0 Å². The molecule has 0 atom stereocenters. The van der Waals surface area contributed by atoms with Gasteiger partial charge in [0.25, 0.3) is 0 Å². The lowest BCUT2D eigenvalue weighted by molar-refractivity contribution is -0.141. The number of anilines is 1. The van der Waals surface area contributed by atoms with E-state index < -0.39 is 17.3 Å². The van der Waals surface area contributed by atoms with Crippen LogP contribution in [0, 0.1) is 0 Å². The van der Waals surface area contributed by atoms with E-state index in [0.29, 0.717) is 18.9 Å². The predicted molar refractivity (Wildman–Crippen MR) is 92.9 cm³/mol. The van der Waals surface area contributed by atoms with Crippen molar-refractivity contribution in [2.75, 3.05) is 43.4 Å². The van der Waals surface area contributed by atoms with Crippen LogP contribution in [0.15, 0.2) is 6.07 Å². The van der Waals surface area contributed by atoms with E-state index in [2.05, 4.69) is 27.5 Å². The van der Waals surface area contributed by atoms with Gasteiger partial charge in [-0.25, -0.2) is 9.97 Å². The third-order valence-corrected chi connectivity index (χ3v) is 4.32. The van der Waals surface area contributed by atoms with E-state index in [1.807, 2.05) is 25.7 Å². The van der Waals surface area contributed by atoms with Crippen molar-refractivity contribution in [1.29, 1.82) is 0 Å². The smallest absolute Gasteiger partial charge is 0.354 e. The van der Waals surface area contributed by atoms with Crippen LogP contribution in [0.25, 0.3) is 0 Å². The van der Waals surface area contributed by atoms with Crippen molar-refractivity contribution in [3.8, 4) is 0 Å². The lowest BCUT2D eigenvalue weighted by atomic mass is 9.95. The third-order valence-electron chi connectivity index (χ3n) is 4.00. The van der Waals surface area contributed by atoms with Gasteiger partial charge in [-0.05, 0) is 18.7 Å². The van der Waals surface area contributed by atoms with Crippen molar-refractivity contribution in [1.82, 2.24) is 14.9 Å². The van der Waals surface area contributed by atoms with Crippen molar-refractivity contribution >= 4 is 18.4 Å². The number of hydrogen-bond acceptors (Lipinski definition) is 5. The molecule has 0 aliphatic carbocycles. The van der Waals surface area contributed by atoms with Crippen molar-refractivity contribution in [2.45, 2.75) is 38.8 Å². The van der Waals surface area contributed by atoms with Gasteiger partial charge in [0.2, 0.25) is 0 Å². The van der Waals surface area contributed by atoms with Crippen molar-refractivity contribution in [3.05, 3.63) is 17.6 Å². The monoisotopic (exact) mass is 362 g/mol. The molecule has 0 amide bonds. The number of hydrogen-bond donors (Lipinski definition) is 1. The Hall–Kier alpha value is -1.02. The highest BCUT2D eigenvalue weighted by molar-refractivity contribution is 7.80. The van der Waals surface area contributed by atoms with Crippen LogP contribution in [0.2, 0.25) is 0 Å². The van der Waals surface area contributed by atoms with Crippen LogP contribution in [0.1, 0.15) is 38.7 Å². The third kappa shape index (κ3) is 4.99. The second-order valence-corrected chi connectivity index (χ2v) is 7.54. The molecule has 0 saturated carbocycles. The van der Waals surface area contributed by atoms with Crippen LogP contribution < -0.4 is 4.90 Å². The molecule has 1 aromatic rings. The molecule has 0 N–H and O–H groups in total. The summed E-state index contributed by atoms with van der Waals surface area (Å²) in [5, 5.41) is 0. The second-order valence-electron chi connectivity index (χ2n) is 7.09. The Balaban J connectivity index is 2.21. The molecule has 0 spiro atoms. The zero-order valence-corrected chi connectivity index (χ0v) is 15.3. The first-order chi connectivity index (χ1) is 11.1. The molecule has 1 aliphatic rings. The summed E-state index contributed by atoms with van der Waals surface area (Å²) in [6, 6.07) is 1.07. The largest absolute Gasteiger partial charge is 0.433 e. The summed E-state index contributed by atoms with van der Waals surface area (Å²) in [6.45, 7) is 9.43. The molecule has 2 rings (SSSR count). The first-order valence-corrected chi connectivity index (χ1v) is 8.79. The molecule has 136 valence electrons. The van der Waals surface area contributed by atoms with Gasteiger partial charge in [-0.15, -0.1) is 0 Å². The highest BCUT2D eigenvalue weighted by Gasteiger charge is 2.35. The quantitative estimate of drug-likeness (QED) is 0.834. The molecule has 0 radical (unpaired) electrons. The number of alkyl halides is 3. The van der Waals surface area contributed by atoms with Gasteiger partial charge in [0.1, 0.15) is 17.3 Å². The Morgan fingerprint density at radius 1 is 1.08 bits per heavy atom. The molecular formula is C16H25F3N4S. The number of piperazine rings is 1. The standard InChI is InChI=1S/C16H25F3N4S/c1-15(2,3)14-20-12(16(17,18)19)11-13(21-14)23-8-6-22(7-9-23)5-4-10-24/h11,24H,4-10H2,1-3H3. The van der Waals surface area contributed by atoms with Crippen LogP contribution in [0.5, 0.6) is 0 Å². The van der Waals surface area contributed by atoms with Gasteiger partial charge in [-0.3, -0.25) is 4.90 Å². The average Bonchev–Trinajstić information content (AvgIpc) is 2.51. The average molecular weight is 362 g/mol. The van der Waals surface area contributed by atoms with Crippen LogP contribution >= 0.6 is 12.6 Å². The summed E-state index contributed by atoms with van der Waals surface area (Å²) in [4.78, 5) is 12.4. The summed E-state index contributed by atoms with van der Waals surface area (Å²) in [7, 11) is 0. The maximum absolute atomic E-state index is 13.2. The van der Waals surface area contributed by atoms with Crippen molar-refractivity contribution < 1.29 is 13.2 Å². The molecule has 1 fully saturated rings. The van der Waals surface area contributed by atoms with E-state index in [1.165, 1.54) is 0 Å². The fraction of sp³-hybridized carbons (Fsp3) is 0.750. The first-order valence-electron chi connectivity index (χ1n) is 8.16. The van der Waals surface area contributed by atoms with E-state index in [-0.39, 0.29) is 5.82 Å². The summed E-state index contributed by atoms with van der Waals surface area (Å²) >= 11 is 4.21. The zero-order chi connectivity index (χ0) is 18.0. The van der Waals surface area contributed by atoms with E-state index in [4.69, 9.17) is 0 Å². The molecule has 0 unspecified atom stereocenters. The summed E-state index contributed by atoms with van der Waals surface area (Å²) in [5.41, 5.74) is -1.40. The molecule has 2 heterocycles. The Morgan fingerprint density at radius 2 is 1.71 bits per heavy atom. The molecule has 1 aromatic heterocycles. The molecule has 0 bridgehead atoms. The number of aromatic nitrogens is 2. The van der Waals surface area contributed by atoms with Gasteiger partial charge in [0.15, 0.2) is 0 Å². The summed E-state index contributed by atoms with van der Waals surface area (Å²) in [5.74, 6) is 1.44. The Bertz CT molecular complexity index is 517. The van der Waals surface area contributed by atoms with Crippen molar-refractivity contribution in [2.24, 2.45) is 0 Å². The molecule has 1 aliphatic heterocycles. The second kappa shape index (κ2) is 7.47. The van der Waals surface area contributed by atoms with Gasteiger partial charge < -0.3 is 4.90 Å². The maximum atomic E-state index is 13.2. The van der Waals surface area contributed by atoms with Gasteiger partial charge in [0, 0.05) is 37.7 Å². The van der Waals surface area contributed by atoms with E-state index >= 15 is 0 Å². The van der Waals surface area contributed by atoms with Gasteiger partial charge >= 0.3 is 6.18 Å². The van der Waals surface area contributed by atoms with Crippen LogP contribution in [0.4, 0.5) is 19.0 Å². The Labute approximate surface area is 146 Å². The molecule has 4 nitrogen and oxygen atoms in total. The molecule has 1 saturated heterocycles. The summed E-state index contributed by atoms with van der Waals surface area (Å²) < 4.78 is 39.5. The molecule has 24 heavy (non-hydrogen) atoms. The highest BCUT2D eigenvalue weighted by Crippen LogP contribution is 2.32. The number of rotatable bonds is 4. The number of nitrogens with zero attached hydrogens (tertiary/aromatic N) is 4. The van der Waals surface area contributed by atoms with Crippen LogP contribution in [-0.2, 0) is 11.6 Å². The molecule has 8 heteroatoms. The van der Waals surface area contributed by atoms with E-state index in [0.717, 1.165) is 37.9 Å². The highest BCUT2D eigenvalue weighted by atomic mass is 32.1. The first kappa shape index (κ1) is 19.3. The molecular weight excluding hydrogens is 337 g/mol. The molecule has 0 aromatic carbocycles. The lowest BCUT2D eigenvalue weighted by Crippen LogP contribution is -2.47. The predicted octanol–water partition coefficient (Wildman–Crippen LogP) is 3.23.